The van der Waals surface area contributed by atoms with Gasteiger partial charge in [0.1, 0.15) is 5.75 Å². The molecular weight excluding hydrogens is 384 g/mol. The van der Waals surface area contributed by atoms with Gasteiger partial charge < -0.3 is 20.3 Å². The average Bonchev–Trinajstić information content (AvgIpc) is 3.06. The second-order valence-electron chi connectivity index (χ2n) is 5.43. The SMILES string of the molecule is CN=C(NCc1csc(N(C)C)n1)NCc1cc(Cl)ccc1OC(F)F. The van der Waals surface area contributed by atoms with Crippen molar-refractivity contribution in [3.63, 3.8) is 0 Å². The van der Waals surface area contributed by atoms with Gasteiger partial charge in [-0.25, -0.2) is 4.98 Å². The third-order valence-corrected chi connectivity index (χ3v) is 4.56. The van der Waals surface area contributed by atoms with Gasteiger partial charge in [-0.1, -0.05) is 11.6 Å². The molecule has 2 rings (SSSR count). The summed E-state index contributed by atoms with van der Waals surface area (Å²) in [6, 6.07) is 4.49. The molecule has 0 unspecified atom stereocenters. The highest BCUT2D eigenvalue weighted by Gasteiger charge is 2.11. The van der Waals surface area contributed by atoms with Crippen LogP contribution in [0.2, 0.25) is 5.02 Å². The average molecular weight is 404 g/mol. The van der Waals surface area contributed by atoms with Crippen LogP contribution in [0.1, 0.15) is 11.3 Å². The highest BCUT2D eigenvalue weighted by molar-refractivity contribution is 7.13. The Morgan fingerprint density at radius 2 is 2.08 bits per heavy atom. The minimum absolute atomic E-state index is 0.0717. The van der Waals surface area contributed by atoms with Gasteiger partial charge >= 0.3 is 6.61 Å². The molecule has 0 aliphatic heterocycles. The first-order valence-electron chi connectivity index (χ1n) is 7.68. The monoisotopic (exact) mass is 403 g/mol. The van der Waals surface area contributed by atoms with Gasteiger partial charge in [0, 0.05) is 43.7 Å². The van der Waals surface area contributed by atoms with Gasteiger partial charge in [0.05, 0.1) is 12.2 Å². The summed E-state index contributed by atoms with van der Waals surface area (Å²) in [5, 5.41) is 9.48. The molecule has 0 aliphatic carbocycles. The zero-order chi connectivity index (χ0) is 19.1. The number of anilines is 1. The van der Waals surface area contributed by atoms with E-state index in [2.05, 4.69) is 25.3 Å². The molecular formula is C16H20ClF2N5OS. The largest absolute Gasteiger partial charge is 0.434 e. The fraction of sp³-hybridized carbons (Fsp3) is 0.375. The van der Waals surface area contributed by atoms with E-state index in [0.717, 1.165) is 10.8 Å². The second-order valence-corrected chi connectivity index (χ2v) is 6.70. The number of ether oxygens (including phenoxy) is 1. The first-order valence-corrected chi connectivity index (χ1v) is 8.94. The third-order valence-electron chi connectivity index (χ3n) is 3.27. The van der Waals surface area contributed by atoms with Gasteiger partial charge in [-0.15, -0.1) is 11.3 Å². The van der Waals surface area contributed by atoms with E-state index in [1.165, 1.54) is 12.1 Å². The number of hydrogen-bond acceptors (Lipinski definition) is 5. The molecule has 0 bridgehead atoms. The van der Waals surface area contributed by atoms with Crippen LogP contribution in [0.5, 0.6) is 5.75 Å². The van der Waals surface area contributed by atoms with E-state index >= 15 is 0 Å². The summed E-state index contributed by atoms with van der Waals surface area (Å²) in [5.41, 5.74) is 1.38. The summed E-state index contributed by atoms with van der Waals surface area (Å²) < 4.78 is 29.5. The molecule has 1 heterocycles. The number of benzene rings is 1. The number of hydrogen-bond donors (Lipinski definition) is 2. The number of alkyl halides is 2. The molecule has 2 aromatic rings. The molecule has 10 heteroatoms. The molecule has 0 atom stereocenters. The maximum Gasteiger partial charge on any atom is 0.387 e. The number of nitrogens with one attached hydrogen (secondary N) is 2. The Kier molecular flexibility index (Phi) is 7.40. The molecule has 0 spiro atoms. The number of rotatable bonds is 7. The molecule has 2 N–H and O–H groups in total. The fourth-order valence-electron chi connectivity index (χ4n) is 2.05. The molecule has 0 saturated carbocycles. The van der Waals surface area contributed by atoms with Crippen molar-refractivity contribution >= 4 is 34.0 Å². The maximum atomic E-state index is 12.5. The predicted octanol–water partition coefficient (Wildman–Crippen LogP) is 3.33. The van der Waals surface area contributed by atoms with Crippen LogP contribution in [0.25, 0.3) is 0 Å². The quantitative estimate of drug-likeness (QED) is 0.548. The maximum absolute atomic E-state index is 12.5. The highest BCUT2D eigenvalue weighted by atomic mass is 35.5. The van der Waals surface area contributed by atoms with Crippen molar-refractivity contribution in [3.8, 4) is 5.75 Å². The van der Waals surface area contributed by atoms with Gasteiger partial charge in [-0.3, -0.25) is 4.99 Å². The van der Waals surface area contributed by atoms with Crippen LogP contribution in [0, 0.1) is 0 Å². The third kappa shape index (κ3) is 5.99. The summed E-state index contributed by atoms with van der Waals surface area (Å²) in [5.74, 6) is 0.579. The van der Waals surface area contributed by atoms with E-state index < -0.39 is 6.61 Å². The van der Waals surface area contributed by atoms with Gasteiger partial charge in [0.25, 0.3) is 0 Å². The van der Waals surface area contributed by atoms with E-state index in [4.69, 9.17) is 11.6 Å². The molecule has 0 aliphatic rings. The van der Waals surface area contributed by atoms with Crippen LogP contribution in [-0.2, 0) is 13.1 Å². The van der Waals surface area contributed by atoms with Crippen LogP contribution >= 0.6 is 22.9 Å². The van der Waals surface area contributed by atoms with Gasteiger partial charge in [0.2, 0.25) is 0 Å². The van der Waals surface area contributed by atoms with Crippen molar-refractivity contribution < 1.29 is 13.5 Å². The molecule has 0 fully saturated rings. The van der Waals surface area contributed by atoms with Crippen molar-refractivity contribution in [1.29, 1.82) is 0 Å². The van der Waals surface area contributed by atoms with Crippen LogP contribution in [0.15, 0.2) is 28.6 Å². The van der Waals surface area contributed by atoms with Crippen molar-refractivity contribution in [3.05, 3.63) is 39.9 Å². The highest BCUT2D eigenvalue weighted by Crippen LogP contribution is 2.24. The molecule has 142 valence electrons. The Labute approximate surface area is 159 Å². The standard InChI is InChI=1S/C16H20ClF2N5OS/c1-20-15(22-8-12-9-26-16(23-12)24(2)3)21-7-10-6-11(17)4-5-13(10)25-14(18)19/h4-6,9,14H,7-8H2,1-3H3,(H2,20,21,22). The van der Waals surface area contributed by atoms with Gasteiger partial charge in [0.15, 0.2) is 11.1 Å². The first kappa shape index (κ1) is 20.2. The van der Waals surface area contributed by atoms with Crippen molar-refractivity contribution in [2.75, 3.05) is 26.0 Å². The molecule has 6 nitrogen and oxygen atoms in total. The second kappa shape index (κ2) is 9.54. The topological polar surface area (TPSA) is 61.8 Å². The lowest BCUT2D eigenvalue weighted by Crippen LogP contribution is -2.36. The molecule has 0 radical (unpaired) electrons. The number of thiazole rings is 1. The number of halogens is 3. The van der Waals surface area contributed by atoms with Crippen LogP contribution < -0.4 is 20.3 Å². The Morgan fingerprint density at radius 1 is 1.35 bits per heavy atom. The fourth-order valence-corrected chi connectivity index (χ4v) is 3.01. The number of aromatic nitrogens is 1. The van der Waals surface area contributed by atoms with Crippen molar-refractivity contribution in [2.24, 2.45) is 4.99 Å². The first-order chi connectivity index (χ1) is 12.4. The smallest absolute Gasteiger partial charge is 0.387 e. The van der Waals surface area contributed by atoms with E-state index in [1.807, 2.05) is 24.4 Å². The van der Waals surface area contributed by atoms with Crippen molar-refractivity contribution in [2.45, 2.75) is 19.7 Å². The zero-order valence-corrected chi connectivity index (χ0v) is 16.2. The van der Waals surface area contributed by atoms with Crippen LogP contribution in [-0.4, -0.2) is 38.7 Å². The summed E-state index contributed by atoms with van der Waals surface area (Å²) in [6.07, 6.45) is 0. The Balaban J connectivity index is 1.95. The molecule has 0 saturated heterocycles. The summed E-state index contributed by atoms with van der Waals surface area (Å²) >= 11 is 7.49. The van der Waals surface area contributed by atoms with E-state index in [9.17, 15) is 8.78 Å². The van der Waals surface area contributed by atoms with Gasteiger partial charge in [-0.2, -0.15) is 8.78 Å². The normalized spacial score (nSPS) is 11.6. The number of aliphatic imine (C=N–C) groups is 1. The lowest BCUT2D eigenvalue weighted by molar-refractivity contribution is -0.0504. The Morgan fingerprint density at radius 3 is 2.69 bits per heavy atom. The minimum atomic E-state index is -2.90. The van der Waals surface area contributed by atoms with Crippen LogP contribution in [0.4, 0.5) is 13.9 Å². The lowest BCUT2D eigenvalue weighted by Gasteiger charge is -2.14. The minimum Gasteiger partial charge on any atom is -0.434 e. The molecule has 1 aromatic heterocycles. The zero-order valence-electron chi connectivity index (χ0n) is 14.6. The predicted molar refractivity (Wildman–Crippen MR) is 102 cm³/mol. The molecule has 26 heavy (non-hydrogen) atoms. The van der Waals surface area contributed by atoms with E-state index in [-0.39, 0.29) is 12.3 Å². The Hall–Kier alpha value is -2.13. The number of guanidine groups is 1. The summed E-state index contributed by atoms with van der Waals surface area (Å²) in [6.45, 7) is -2.19. The summed E-state index contributed by atoms with van der Waals surface area (Å²) in [7, 11) is 5.48. The molecule has 0 amide bonds. The van der Waals surface area contributed by atoms with E-state index in [0.29, 0.717) is 23.1 Å². The lowest BCUT2D eigenvalue weighted by atomic mass is 10.2. The Bertz CT molecular complexity index is 754. The van der Waals surface area contributed by atoms with Crippen molar-refractivity contribution in [1.82, 2.24) is 15.6 Å². The van der Waals surface area contributed by atoms with E-state index in [1.54, 1.807) is 24.5 Å². The van der Waals surface area contributed by atoms with Gasteiger partial charge in [-0.05, 0) is 18.2 Å². The summed E-state index contributed by atoms with van der Waals surface area (Å²) in [4.78, 5) is 10.5. The molecule has 1 aromatic carbocycles. The number of nitrogens with zero attached hydrogens (tertiary/aromatic N) is 3. The van der Waals surface area contributed by atoms with Crippen LogP contribution in [0.3, 0.4) is 0 Å².